The highest BCUT2D eigenvalue weighted by atomic mass is 35.5. The largest absolute Gasteiger partial charge is 0.329 e. The summed E-state index contributed by atoms with van der Waals surface area (Å²) in [4.78, 5) is 9.35. The van der Waals surface area contributed by atoms with Gasteiger partial charge in [0.1, 0.15) is 16.2 Å². The van der Waals surface area contributed by atoms with Crippen molar-refractivity contribution in [1.29, 1.82) is 0 Å². The molecule has 1 aromatic carbocycles. The minimum atomic E-state index is -0.292. The van der Waals surface area contributed by atoms with Gasteiger partial charge in [-0.1, -0.05) is 23.5 Å². The lowest BCUT2D eigenvalue weighted by molar-refractivity contribution is 0.632. The maximum atomic E-state index is 13.4. The van der Waals surface area contributed by atoms with Crippen LogP contribution in [0.2, 0.25) is 0 Å². The summed E-state index contributed by atoms with van der Waals surface area (Å²) in [5, 5.41) is 3.60. The molecule has 6 heteroatoms. The number of nitrogens with zero attached hydrogens (tertiary/aromatic N) is 2. The van der Waals surface area contributed by atoms with E-state index in [2.05, 4.69) is 15.3 Å². The molecule has 0 atom stereocenters. The van der Waals surface area contributed by atoms with E-state index < -0.39 is 0 Å². The highest BCUT2D eigenvalue weighted by Crippen LogP contribution is 2.27. The molecule has 0 saturated heterocycles. The van der Waals surface area contributed by atoms with E-state index in [4.69, 9.17) is 0 Å². The van der Waals surface area contributed by atoms with E-state index in [-0.39, 0.29) is 18.2 Å². The van der Waals surface area contributed by atoms with Crippen molar-refractivity contribution < 1.29 is 4.39 Å². The fourth-order valence-electron chi connectivity index (χ4n) is 1.50. The number of benzene rings is 1. The Kier molecular flexibility index (Phi) is 3.74. The van der Waals surface area contributed by atoms with E-state index in [1.807, 2.05) is 12.1 Å². The van der Waals surface area contributed by atoms with E-state index in [1.54, 1.807) is 24.4 Å². The van der Waals surface area contributed by atoms with Crippen molar-refractivity contribution in [2.45, 2.75) is 0 Å². The normalized spacial score (nSPS) is 10.1. The van der Waals surface area contributed by atoms with E-state index in [1.165, 1.54) is 17.4 Å². The van der Waals surface area contributed by atoms with Gasteiger partial charge in [-0.05, 0) is 24.3 Å². The maximum absolute atomic E-state index is 13.4. The zero-order valence-corrected chi connectivity index (χ0v) is 10.8. The van der Waals surface area contributed by atoms with Crippen molar-refractivity contribution in [1.82, 2.24) is 9.97 Å². The second kappa shape index (κ2) is 5.29. The lowest BCUT2D eigenvalue weighted by Gasteiger charge is -2.02. The molecule has 3 nitrogen and oxygen atoms in total. The molecule has 0 unspecified atom stereocenters. The maximum Gasteiger partial charge on any atom is 0.189 e. The second-order valence-corrected chi connectivity index (χ2v) is 4.43. The van der Waals surface area contributed by atoms with Gasteiger partial charge in [-0.2, -0.15) is 0 Å². The number of nitrogens with one attached hydrogen (secondary N) is 1. The smallest absolute Gasteiger partial charge is 0.189 e. The summed E-state index contributed by atoms with van der Waals surface area (Å²) in [6, 6.07) is 10.2. The van der Waals surface area contributed by atoms with Crippen molar-refractivity contribution in [3.63, 3.8) is 0 Å². The van der Waals surface area contributed by atoms with Gasteiger partial charge in [-0.25, -0.2) is 14.4 Å². The fraction of sp³-hybridized carbons (Fsp3) is 0. The summed E-state index contributed by atoms with van der Waals surface area (Å²) in [7, 11) is 0. The Hall–Kier alpha value is -1.72. The first-order valence-corrected chi connectivity index (χ1v) is 5.88. The number of rotatable bonds is 2. The number of anilines is 2. The molecule has 3 rings (SSSR count). The number of halogens is 2. The van der Waals surface area contributed by atoms with Gasteiger partial charge in [0.05, 0.1) is 5.69 Å². The van der Waals surface area contributed by atoms with Gasteiger partial charge in [-0.3, -0.25) is 0 Å². The number of aromatic nitrogens is 2. The summed E-state index contributed by atoms with van der Waals surface area (Å²) in [5.41, 5.74) is 1.24. The molecule has 0 radical (unpaired) electrons. The minimum absolute atomic E-state index is 0. The third-order valence-electron chi connectivity index (χ3n) is 2.28. The van der Waals surface area contributed by atoms with Crippen LogP contribution in [-0.2, 0) is 0 Å². The summed E-state index contributed by atoms with van der Waals surface area (Å²) < 4.78 is 13.4. The third-order valence-corrected chi connectivity index (χ3v) is 3.18. The molecular formula is C12H9ClFN3S. The summed E-state index contributed by atoms with van der Waals surface area (Å²) >= 11 is 1.40. The van der Waals surface area contributed by atoms with Crippen LogP contribution in [0.1, 0.15) is 0 Å². The summed E-state index contributed by atoms with van der Waals surface area (Å²) in [6.07, 6.45) is 1.72. The monoisotopic (exact) mass is 281 g/mol. The van der Waals surface area contributed by atoms with Crippen LogP contribution in [0.4, 0.5) is 15.2 Å². The lowest BCUT2D eigenvalue weighted by Crippen LogP contribution is -1.91. The van der Waals surface area contributed by atoms with Gasteiger partial charge in [-0.15, -0.1) is 12.4 Å². The zero-order valence-electron chi connectivity index (χ0n) is 9.13. The highest BCUT2D eigenvalue weighted by Gasteiger charge is 2.06. The standard InChI is InChI=1S/C12H8FN3S.ClH/c13-8-4-1-2-5-9(8)15-12-16-10-6-3-7-14-11(10)17-12;/h1-7H,(H,15,16);1H. The van der Waals surface area contributed by atoms with Crippen LogP contribution < -0.4 is 5.32 Å². The number of para-hydroxylation sites is 1. The van der Waals surface area contributed by atoms with E-state index in [9.17, 15) is 4.39 Å². The van der Waals surface area contributed by atoms with Gasteiger partial charge < -0.3 is 5.32 Å². The van der Waals surface area contributed by atoms with E-state index in [0.717, 1.165) is 10.3 Å². The molecule has 0 aliphatic carbocycles. The van der Waals surface area contributed by atoms with Gasteiger partial charge in [0.2, 0.25) is 0 Å². The lowest BCUT2D eigenvalue weighted by atomic mass is 10.3. The molecule has 0 saturated carbocycles. The number of hydrogen-bond acceptors (Lipinski definition) is 4. The topological polar surface area (TPSA) is 37.8 Å². The molecule has 92 valence electrons. The predicted octanol–water partition coefficient (Wildman–Crippen LogP) is 4.00. The van der Waals surface area contributed by atoms with Crippen LogP contribution >= 0.6 is 23.7 Å². The number of thiazole rings is 1. The minimum Gasteiger partial charge on any atom is -0.329 e. The first-order valence-electron chi connectivity index (χ1n) is 5.06. The summed E-state index contributed by atoms with van der Waals surface area (Å²) in [5.74, 6) is -0.292. The fourth-order valence-corrected chi connectivity index (χ4v) is 2.32. The van der Waals surface area contributed by atoms with Crippen LogP contribution in [0.5, 0.6) is 0 Å². The highest BCUT2D eigenvalue weighted by molar-refractivity contribution is 7.21. The van der Waals surface area contributed by atoms with Crippen molar-refractivity contribution >= 4 is 44.9 Å². The molecule has 2 heterocycles. The Morgan fingerprint density at radius 1 is 1.11 bits per heavy atom. The first-order chi connectivity index (χ1) is 8.33. The van der Waals surface area contributed by atoms with Crippen molar-refractivity contribution in [2.75, 3.05) is 5.32 Å². The Balaban J connectivity index is 0.00000120. The predicted molar refractivity (Wildman–Crippen MR) is 74.3 cm³/mol. The molecule has 0 fully saturated rings. The molecule has 0 aliphatic heterocycles. The van der Waals surface area contributed by atoms with E-state index in [0.29, 0.717) is 10.8 Å². The van der Waals surface area contributed by atoms with Gasteiger partial charge in [0.25, 0.3) is 0 Å². The molecule has 18 heavy (non-hydrogen) atoms. The van der Waals surface area contributed by atoms with Crippen LogP contribution in [0, 0.1) is 5.82 Å². The molecule has 0 amide bonds. The van der Waals surface area contributed by atoms with Crippen LogP contribution in [0.25, 0.3) is 10.3 Å². The Labute approximate surface area is 113 Å². The Bertz CT molecular complexity index is 638. The molecule has 0 spiro atoms. The SMILES string of the molecule is Cl.Fc1ccccc1Nc1nc2cccnc2s1. The average Bonchev–Trinajstić information content (AvgIpc) is 2.74. The van der Waals surface area contributed by atoms with Crippen molar-refractivity contribution in [3.05, 3.63) is 48.4 Å². The van der Waals surface area contributed by atoms with Gasteiger partial charge in [0.15, 0.2) is 5.13 Å². The van der Waals surface area contributed by atoms with Gasteiger partial charge >= 0.3 is 0 Å². The number of fused-ring (bicyclic) bond motifs is 1. The average molecular weight is 282 g/mol. The van der Waals surface area contributed by atoms with Crippen molar-refractivity contribution in [2.24, 2.45) is 0 Å². The molecule has 0 bridgehead atoms. The van der Waals surface area contributed by atoms with Crippen LogP contribution in [-0.4, -0.2) is 9.97 Å². The van der Waals surface area contributed by atoms with Gasteiger partial charge in [0, 0.05) is 6.20 Å². The van der Waals surface area contributed by atoms with Crippen molar-refractivity contribution in [3.8, 4) is 0 Å². The molecular weight excluding hydrogens is 273 g/mol. The first kappa shape index (κ1) is 12.7. The Morgan fingerprint density at radius 2 is 1.94 bits per heavy atom. The molecule has 0 aliphatic rings. The molecule has 3 aromatic rings. The summed E-state index contributed by atoms with van der Waals surface area (Å²) in [6.45, 7) is 0. The number of hydrogen-bond donors (Lipinski definition) is 1. The second-order valence-electron chi connectivity index (χ2n) is 3.45. The molecule has 2 aromatic heterocycles. The van der Waals surface area contributed by atoms with Crippen LogP contribution in [0.15, 0.2) is 42.6 Å². The van der Waals surface area contributed by atoms with Crippen LogP contribution in [0.3, 0.4) is 0 Å². The quantitative estimate of drug-likeness (QED) is 0.772. The van der Waals surface area contributed by atoms with E-state index >= 15 is 0 Å². The Morgan fingerprint density at radius 3 is 2.72 bits per heavy atom. The number of pyridine rings is 1. The molecule has 1 N–H and O–H groups in total. The zero-order chi connectivity index (χ0) is 11.7. The third kappa shape index (κ3) is 2.42.